The second-order valence-electron chi connectivity index (χ2n) is 4.40. The molecule has 0 atom stereocenters. The van der Waals surface area contributed by atoms with E-state index in [2.05, 4.69) is 69.0 Å². The van der Waals surface area contributed by atoms with Gasteiger partial charge in [-0.25, -0.2) is 0 Å². The quantitative estimate of drug-likeness (QED) is 0.625. The molecule has 0 aromatic heterocycles. The molecule has 0 unspecified atom stereocenters. The van der Waals surface area contributed by atoms with Gasteiger partial charge < -0.3 is 0 Å². The van der Waals surface area contributed by atoms with E-state index in [4.69, 9.17) is 0 Å². The van der Waals surface area contributed by atoms with Crippen LogP contribution in [0.4, 0.5) is 0 Å². The van der Waals surface area contributed by atoms with Crippen molar-refractivity contribution in [2.75, 3.05) is 0 Å². The molecule has 2 aromatic carbocycles. The highest BCUT2D eigenvalue weighted by Crippen LogP contribution is 2.25. The summed E-state index contributed by atoms with van der Waals surface area (Å²) in [4.78, 5) is 0. The van der Waals surface area contributed by atoms with Crippen molar-refractivity contribution in [3.05, 3.63) is 66.3 Å². The van der Waals surface area contributed by atoms with Gasteiger partial charge >= 0.3 is 0 Å². The van der Waals surface area contributed by atoms with E-state index in [0.717, 1.165) is 12.0 Å². The van der Waals surface area contributed by atoms with E-state index in [0.29, 0.717) is 0 Å². The van der Waals surface area contributed by atoms with E-state index in [1.807, 2.05) is 0 Å². The summed E-state index contributed by atoms with van der Waals surface area (Å²) in [6.07, 6.45) is 3.26. The van der Waals surface area contributed by atoms with Crippen LogP contribution in [0.3, 0.4) is 0 Å². The second kappa shape index (κ2) is 5.01. The van der Waals surface area contributed by atoms with Crippen LogP contribution in [-0.2, 0) is 0 Å². The average molecular weight is 222 g/mol. The third-order valence-corrected chi connectivity index (χ3v) is 3.11. The summed E-state index contributed by atoms with van der Waals surface area (Å²) in [5.41, 5.74) is 3.69. The number of hydrogen-bond acceptors (Lipinski definition) is 0. The first kappa shape index (κ1) is 11.7. The van der Waals surface area contributed by atoms with Crippen molar-refractivity contribution in [3.8, 4) is 0 Å². The first-order chi connectivity index (χ1) is 8.22. The van der Waals surface area contributed by atoms with Gasteiger partial charge in [-0.1, -0.05) is 67.6 Å². The fourth-order valence-electron chi connectivity index (χ4n) is 1.98. The fraction of sp³-hybridized carbons (Fsp3) is 0.176. The summed E-state index contributed by atoms with van der Waals surface area (Å²) in [5.74, 6) is 0. The highest BCUT2D eigenvalue weighted by atomic mass is 14.1. The van der Waals surface area contributed by atoms with E-state index in [9.17, 15) is 0 Å². The van der Waals surface area contributed by atoms with Gasteiger partial charge in [0, 0.05) is 0 Å². The van der Waals surface area contributed by atoms with Crippen LogP contribution in [0.5, 0.6) is 0 Å². The largest absolute Gasteiger partial charge is 0.0911 e. The normalized spacial score (nSPS) is 11.8. The Morgan fingerprint density at radius 1 is 1.12 bits per heavy atom. The molecule has 0 N–H and O–H groups in total. The van der Waals surface area contributed by atoms with Gasteiger partial charge in [0.1, 0.15) is 0 Å². The van der Waals surface area contributed by atoms with Crippen LogP contribution in [0.25, 0.3) is 16.3 Å². The second-order valence-corrected chi connectivity index (χ2v) is 4.40. The summed E-state index contributed by atoms with van der Waals surface area (Å²) in [6.45, 7) is 8.50. The zero-order valence-electron chi connectivity index (χ0n) is 10.5. The standard InChI is InChI=1S/C17H18/c1-4-13(2)12-14(3)16-11-7-9-15-8-5-6-10-17(15)16/h5-12H,3-4H2,1-2H3/b13-12+. The number of rotatable bonds is 3. The maximum Gasteiger partial charge on any atom is -0.0106 e. The molecular formula is C17H18. The minimum absolute atomic E-state index is 1.07. The lowest BCUT2D eigenvalue weighted by atomic mass is 9.97. The van der Waals surface area contributed by atoms with Gasteiger partial charge in [-0.05, 0) is 35.3 Å². The molecule has 0 spiro atoms. The van der Waals surface area contributed by atoms with Crippen LogP contribution in [0, 0.1) is 0 Å². The molecule has 86 valence electrons. The van der Waals surface area contributed by atoms with Crippen LogP contribution in [0.15, 0.2) is 60.7 Å². The molecule has 0 saturated carbocycles. The number of allylic oxidation sites excluding steroid dienone is 3. The Bertz CT molecular complexity index is 568. The van der Waals surface area contributed by atoms with Crippen LogP contribution in [0.1, 0.15) is 25.8 Å². The Kier molecular flexibility index (Phi) is 3.43. The summed E-state index contributed by atoms with van der Waals surface area (Å²) in [6, 6.07) is 14.8. The van der Waals surface area contributed by atoms with E-state index >= 15 is 0 Å². The lowest BCUT2D eigenvalue weighted by Crippen LogP contribution is -1.84. The van der Waals surface area contributed by atoms with Crippen molar-refractivity contribution in [2.45, 2.75) is 20.3 Å². The Hall–Kier alpha value is -1.82. The molecule has 0 bridgehead atoms. The molecule has 2 rings (SSSR count). The van der Waals surface area contributed by atoms with Crippen molar-refractivity contribution in [3.63, 3.8) is 0 Å². The molecular weight excluding hydrogens is 204 g/mol. The zero-order valence-corrected chi connectivity index (χ0v) is 10.5. The molecule has 0 heterocycles. The van der Waals surface area contributed by atoms with Crippen molar-refractivity contribution in [2.24, 2.45) is 0 Å². The van der Waals surface area contributed by atoms with Crippen molar-refractivity contribution in [1.29, 1.82) is 0 Å². The number of benzene rings is 2. The van der Waals surface area contributed by atoms with Crippen molar-refractivity contribution in [1.82, 2.24) is 0 Å². The maximum atomic E-state index is 4.19. The van der Waals surface area contributed by atoms with Gasteiger partial charge in [-0.15, -0.1) is 0 Å². The summed E-state index contributed by atoms with van der Waals surface area (Å²) in [5, 5.41) is 2.55. The molecule has 2 aromatic rings. The van der Waals surface area contributed by atoms with E-state index in [-0.39, 0.29) is 0 Å². The van der Waals surface area contributed by atoms with Crippen LogP contribution >= 0.6 is 0 Å². The minimum atomic E-state index is 1.07. The van der Waals surface area contributed by atoms with Crippen LogP contribution < -0.4 is 0 Å². The fourth-order valence-corrected chi connectivity index (χ4v) is 1.98. The lowest BCUT2D eigenvalue weighted by molar-refractivity contribution is 1.10. The molecule has 0 amide bonds. The minimum Gasteiger partial charge on any atom is -0.0911 e. The molecule has 0 heteroatoms. The maximum absolute atomic E-state index is 4.19. The monoisotopic (exact) mass is 222 g/mol. The molecule has 0 saturated heterocycles. The molecule has 0 nitrogen and oxygen atoms in total. The SMILES string of the molecule is C=C(/C=C(\C)CC)c1cccc2ccccc12. The smallest absolute Gasteiger partial charge is 0.0106 e. The van der Waals surface area contributed by atoms with Crippen LogP contribution in [-0.4, -0.2) is 0 Å². The topological polar surface area (TPSA) is 0 Å². The third-order valence-electron chi connectivity index (χ3n) is 3.11. The van der Waals surface area contributed by atoms with E-state index in [1.165, 1.54) is 21.9 Å². The van der Waals surface area contributed by atoms with Gasteiger partial charge in [-0.3, -0.25) is 0 Å². The van der Waals surface area contributed by atoms with Crippen molar-refractivity contribution >= 4 is 16.3 Å². The first-order valence-electron chi connectivity index (χ1n) is 6.06. The summed E-state index contributed by atoms with van der Waals surface area (Å²) < 4.78 is 0. The zero-order chi connectivity index (χ0) is 12.3. The Morgan fingerprint density at radius 3 is 2.59 bits per heavy atom. The van der Waals surface area contributed by atoms with Crippen molar-refractivity contribution < 1.29 is 0 Å². The first-order valence-corrected chi connectivity index (χ1v) is 6.06. The third kappa shape index (κ3) is 2.47. The number of hydrogen-bond donors (Lipinski definition) is 0. The van der Waals surface area contributed by atoms with Gasteiger partial charge in [-0.2, -0.15) is 0 Å². The molecule has 0 fully saturated rings. The van der Waals surface area contributed by atoms with E-state index in [1.54, 1.807) is 0 Å². The molecule has 0 aliphatic heterocycles. The highest BCUT2D eigenvalue weighted by Gasteiger charge is 2.02. The van der Waals surface area contributed by atoms with Gasteiger partial charge in [0.15, 0.2) is 0 Å². The highest BCUT2D eigenvalue weighted by molar-refractivity contribution is 5.95. The Labute approximate surface area is 103 Å². The Morgan fingerprint density at radius 2 is 1.82 bits per heavy atom. The molecule has 0 aliphatic rings. The molecule has 0 aliphatic carbocycles. The summed E-state index contributed by atoms with van der Waals surface area (Å²) >= 11 is 0. The molecule has 17 heavy (non-hydrogen) atoms. The van der Waals surface area contributed by atoms with Gasteiger partial charge in [0.2, 0.25) is 0 Å². The number of fused-ring (bicyclic) bond motifs is 1. The predicted octanol–water partition coefficient (Wildman–Crippen LogP) is 5.21. The average Bonchev–Trinajstić information content (AvgIpc) is 2.37. The van der Waals surface area contributed by atoms with Gasteiger partial charge in [0.05, 0.1) is 0 Å². The molecule has 0 radical (unpaired) electrons. The predicted molar refractivity (Wildman–Crippen MR) is 77.0 cm³/mol. The summed E-state index contributed by atoms with van der Waals surface area (Å²) in [7, 11) is 0. The van der Waals surface area contributed by atoms with Gasteiger partial charge in [0.25, 0.3) is 0 Å². The lowest BCUT2D eigenvalue weighted by Gasteiger charge is -2.07. The van der Waals surface area contributed by atoms with Crippen LogP contribution in [0.2, 0.25) is 0 Å². The Balaban J connectivity index is 2.52. The van der Waals surface area contributed by atoms with E-state index < -0.39 is 0 Å².